The number of hydrazone groups is 1. The van der Waals surface area contributed by atoms with E-state index in [2.05, 4.69) is 5.10 Å². The Morgan fingerprint density at radius 1 is 1.21 bits per heavy atom. The summed E-state index contributed by atoms with van der Waals surface area (Å²) >= 11 is 5.78. The first-order chi connectivity index (χ1) is 8.64. The average Bonchev–Trinajstić information content (AvgIpc) is 2.52. The summed E-state index contributed by atoms with van der Waals surface area (Å²) in [5, 5.41) is 25.6. The largest absolute Gasteiger partial charge is 0.353 e. The number of hydrogen-bond acceptors (Lipinski definition) is 4. The molecular weight excluding hydrogens is 268 g/mol. The smallest absolute Gasteiger partial charge is 0.309 e. The molecule has 0 spiro atoms. The Hall–Kier alpha value is -1.43. The third-order valence-corrected chi connectivity index (χ3v) is 3.03. The SMILES string of the molecule is CC(C)(C)N1N=C(c2ccc(Cl)cc2)C(O)(O)C1=O. The topological polar surface area (TPSA) is 73.1 Å². The summed E-state index contributed by atoms with van der Waals surface area (Å²) in [5.74, 6) is -3.47. The lowest BCUT2D eigenvalue weighted by Crippen LogP contribution is -2.50. The van der Waals surface area contributed by atoms with Crippen molar-refractivity contribution in [2.75, 3.05) is 0 Å². The fourth-order valence-electron chi connectivity index (χ4n) is 1.79. The van der Waals surface area contributed by atoms with Gasteiger partial charge < -0.3 is 10.2 Å². The van der Waals surface area contributed by atoms with E-state index in [-0.39, 0.29) is 5.71 Å². The van der Waals surface area contributed by atoms with Crippen LogP contribution in [0.2, 0.25) is 5.02 Å². The van der Waals surface area contributed by atoms with E-state index in [1.54, 1.807) is 45.0 Å². The molecule has 1 aliphatic rings. The summed E-state index contributed by atoms with van der Waals surface area (Å²) in [6, 6.07) is 6.36. The predicted molar refractivity (Wildman–Crippen MR) is 71.8 cm³/mol. The predicted octanol–water partition coefficient (Wildman–Crippen LogP) is 1.37. The summed E-state index contributed by atoms with van der Waals surface area (Å²) in [7, 11) is 0. The van der Waals surface area contributed by atoms with Gasteiger partial charge in [-0.05, 0) is 32.9 Å². The van der Waals surface area contributed by atoms with Crippen LogP contribution >= 0.6 is 11.6 Å². The summed E-state index contributed by atoms with van der Waals surface area (Å²) in [4.78, 5) is 12.0. The number of carbonyl (C=O) groups excluding carboxylic acids is 1. The molecule has 102 valence electrons. The van der Waals surface area contributed by atoms with Crippen LogP contribution < -0.4 is 0 Å². The van der Waals surface area contributed by atoms with Gasteiger partial charge in [-0.3, -0.25) is 4.79 Å². The number of aliphatic hydroxyl groups is 2. The molecule has 0 aliphatic carbocycles. The van der Waals surface area contributed by atoms with Crippen LogP contribution in [0.3, 0.4) is 0 Å². The van der Waals surface area contributed by atoms with Crippen molar-refractivity contribution in [3.63, 3.8) is 0 Å². The van der Waals surface area contributed by atoms with E-state index >= 15 is 0 Å². The Labute approximate surface area is 116 Å². The Kier molecular flexibility index (Phi) is 3.16. The van der Waals surface area contributed by atoms with Gasteiger partial charge in [-0.2, -0.15) is 5.10 Å². The van der Waals surface area contributed by atoms with Crippen molar-refractivity contribution in [2.24, 2.45) is 5.10 Å². The van der Waals surface area contributed by atoms with Gasteiger partial charge in [0, 0.05) is 10.6 Å². The van der Waals surface area contributed by atoms with Gasteiger partial charge in [0.2, 0.25) is 0 Å². The van der Waals surface area contributed by atoms with Crippen LogP contribution in [-0.4, -0.2) is 38.2 Å². The van der Waals surface area contributed by atoms with Gasteiger partial charge in [0.05, 0.1) is 5.54 Å². The van der Waals surface area contributed by atoms with Crippen LogP contribution in [0.25, 0.3) is 0 Å². The molecule has 0 aromatic heterocycles. The summed E-state index contributed by atoms with van der Waals surface area (Å²) in [5.41, 5.74) is -0.291. The molecule has 1 amide bonds. The monoisotopic (exact) mass is 282 g/mol. The number of amides is 1. The average molecular weight is 283 g/mol. The molecule has 0 radical (unpaired) electrons. The number of rotatable bonds is 1. The van der Waals surface area contributed by atoms with Crippen LogP contribution in [-0.2, 0) is 4.79 Å². The normalized spacial score (nSPS) is 18.7. The Morgan fingerprint density at radius 3 is 2.16 bits per heavy atom. The number of hydrogen-bond donors (Lipinski definition) is 2. The zero-order valence-electron chi connectivity index (χ0n) is 10.9. The van der Waals surface area contributed by atoms with Crippen LogP contribution in [0, 0.1) is 0 Å². The number of nitrogens with zero attached hydrogens (tertiary/aromatic N) is 2. The molecule has 6 heteroatoms. The highest BCUT2D eigenvalue weighted by Crippen LogP contribution is 2.29. The Bertz CT molecular complexity index is 544. The lowest BCUT2D eigenvalue weighted by molar-refractivity contribution is -0.172. The highest BCUT2D eigenvalue weighted by Gasteiger charge is 2.52. The van der Waals surface area contributed by atoms with Gasteiger partial charge in [-0.25, -0.2) is 5.01 Å². The van der Waals surface area contributed by atoms with Crippen LogP contribution in [0.5, 0.6) is 0 Å². The lowest BCUT2D eigenvalue weighted by Gasteiger charge is -2.28. The number of benzene rings is 1. The quantitative estimate of drug-likeness (QED) is 0.764. The van der Waals surface area contributed by atoms with Crippen molar-refractivity contribution in [1.82, 2.24) is 5.01 Å². The van der Waals surface area contributed by atoms with E-state index in [9.17, 15) is 15.0 Å². The molecule has 0 unspecified atom stereocenters. The second kappa shape index (κ2) is 4.30. The minimum atomic E-state index is -2.61. The van der Waals surface area contributed by atoms with Gasteiger partial charge in [-0.15, -0.1) is 0 Å². The van der Waals surface area contributed by atoms with E-state index in [1.165, 1.54) is 0 Å². The van der Waals surface area contributed by atoms with Gasteiger partial charge in [-0.1, -0.05) is 23.7 Å². The standard InChI is InChI=1S/C13H15ClN2O3/c1-12(2,3)16-11(17)13(18,19)10(15-16)8-4-6-9(14)7-5-8/h4-7,18-19H,1-3H3. The molecule has 1 aliphatic heterocycles. The van der Waals surface area contributed by atoms with Crippen LogP contribution in [0.1, 0.15) is 26.3 Å². The van der Waals surface area contributed by atoms with E-state index < -0.39 is 17.2 Å². The maximum absolute atomic E-state index is 12.0. The van der Waals surface area contributed by atoms with E-state index in [0.29, 0.717) is 10.6 Å². The second-order valence-corrected chi connectivity index (χ2v) is 5.85. The molecule has 1 aromatic rings. The maximum atomic E-state index is 12.0. The molecule has 19 heavy (non-hydrogen) atoms. The van der Waals surface area contributed by atoms with Crippen molar-refractivity contribution in [2.45, 2.75) is 32.1 Å². The molecule has 1 heterocycles. The molecule has 1 aromatic carbocycles. The molecule has 5 nitrogen and oxygen atoms in total. The van der Waals surface area contributed by atoms with E-state index in [4.69, 9.17) is 11.6 Å². The molecule has 0 fully saturated rings. The molecule has 0 saturated carbocycles. The van der Waals surface area contributed by atoms with Crippen molar-refractivity contribution in [3.8, 4) is 0 Å². The lowest BCUT2D eigenvalue weighted by atomic mass is 10.0. The van der Waals surface area contributed by atoms with Crippen molar-refractivity contribution in [3.05, 3.63) is 34.9 Å². The van der Waals surface area contributed by atoms with Gasteiger partial charge >= 0.3 is 5.91 Å². The first-order valence-electron chi connectivity index (χ1n) is 5.78. The molecular formula is C13H15ClN2O3. The van der Waals surface area contributed by atoms with E-state index in [1.807, 2.05) is 0 Å². The highest BCUT2D eigenvalue weighted by molar-refractivity contribution is 6.30. The van der Waals surface area contributed by atoms with Crippen molar-refractivity contribution >= 4 is 23.2 Å². The van der Waals surface area contributed by atoms with Crippen molar-refractivity contribution in [1.29, 1.82) is 0 Å². The first-order valence-corrected chi connectivity index (χ1v) is 6.16. The number of halogens is 1. The first kappa shape index (κ1) is 14.0. The van der Waals surface area contributed by atoms with Crippen molar-refractivity contribution < 1.29 is 15.0 Å². The van der Waals surface area contributed by atoms with Crippen LogP contribution in [0.15, 0.2) is 29.4 Å². The fourth-order valence-corrected chi connectivity index (χ4v) is 1.91. The molecule has 0 bridgehead atoms. The van der Waals surface area contributed by atoms with Crippen LogP contribution in [0.4, 0.5) is 0 Å². The molecule has 2 rings (SSSR count). The van der Waals surface area contributed by atoms with E-state index in [0.717, 1.165) is 5.01 Å². The molecule has 0 saturated heterocycles. The maximum Gasteiger partial charge on any atom is 0.309 e. The minimum absolute atomic E-state index is 0.0934. The van der Waals surface area contributed by atoms with Gasteiger partial charge in [0.15, 0.2) is 0 Å². The Balaban J connectivity index is 2.49. The minimum Gasteiger partial charge on any atom is -0.353 e. The number of carbonyl (C=O) groups is 1. The third kappa shape index (κ3) is 2.36. The summed E-state index contributed by atoms with van der Waals surface area (Å²) < 4.78 is 0. The Morgan fingerprint density at radius 2 is 1.74 bits per heavy atom. The van der Waals surface area contributed by atoms with Gasteiger partial charge in [0.25, 0.3) is 5.79 Å². The summed E-state index contributed by atoms with van der Waals surface area (Å²) in [6.07, 6.45) is 0. The third-order valence-electron chi connectivity index (χ3n) is 2.77. The fraction of sp³-hybridized carbons (Fsp3) is 0.385. The zero-order chi connectivity index (χ0) is 14.4. The molecule has 0 atom stereocenters. The second-order valence-electron chi connectivity index (χ2n) is 5.42. The summed E-state index contributed by atoms with van der Waals surface area (Å²) in [6.45, 7) is 5.28. The highest BCUT2D eigenvalue weighted by atomic mass is 35.5. The van der Waals surface area contributed by atoms with Gasteiger partial charge in [0.1, 0.15) is 5.71 Å². The zero-order valence-corrected chi connectivity index (χ0v) is 11.6. The molecule has 2 N–H and O–H groups in total.